The Labute approximate surface area is 121 Å². The van der Waals surface area contributed by atoms with Gasteiger partial charge in [0, 0.05) is 0 Å². The molecular weight excluding hydrogens is 230 g/mol. The summed E-state index contributed by atoms with van der Waals surface area (Å²) in [4.78, 5) is 0. The van der Waals surface area contributed by atoms with Crippen LogP contribution in [-0.4, -0.2) is 13.1 Å². The smallest absolute Gasteiger partial charge is 0.00176 e. The van der Waals surface area contributed by atoms with Crippen LogP contribution in [0.15, 0.2) is 0 Å². The maximum atomic E-state index is 3.71. The molecule has 3 unspecified atom stereocenters. The topological polar surface area (TPSA) is 12.0 Å². The van der Waals surface area contributed by atoms with Gasteiger partial charge in [0.1, 0.15) is 0 Å². The molecule has 0 amide bonds. The average molecular weight is 268 g/mol. The van der Waals surface area contributed by atoms with Crippen LogP contribution in [0.5, 0.6) is 0 Å². The quantitative estimate of drug-likeness (QED) is 0.676. The van der Waals surface area contributed by atoms with E-state index in [-0.39, 0.29) is 0 Å². The first-order chi connectivity index (χ1) is 8.85. The molecule has 1 fully saturated rings. The lowest BCUT2D eigenvalue weighted by Gasteiger charge is -2.44. The monoisotopic (exact) mass is 267 g/mol. The van der Waals surface area contributed by atoms with Crippen LogP contribution in [0, 0.1) is 29.1 Å². The van der Waals surface area contributed by atoms with Gasteiger partial charge in [0.15, 0.2) is 0 Å². The summed E-state index contributed by atoms with van der Waals surface area (Å²) in [5, 5.41) is 3.71. The molecule has 0 spiro atoms. The molecule has 0 aromatic carbocycles. The highest BCUT2D eigenvalue weighted by atomic mass is 14.9. The van der Waals surface area contributed by atoms with Gasteiger partial charge in [0.2, 0.25) is 0 Å². The minimum absolute atomic E-state index is 0.571. The fourth-order valence-corrected chi connectivity index (χ4v) is 3.84. The van der Waals surface area contributed by atoms with Crippen LogP contribution in [0.1, 0.15) is 73.6 Å². The van der Waals surface area contributed by atoms with Gasteiger partial charge in [-0.15, -0.1) is 0 Å². The lowest BCUT2D eigenvalue weighted by Crippen LogP contribution is -2.39. The molecule has 0 aliphatic heterocycles. The molecule has 1 aliphatic carbocycles. The zero-order chi connectivity index (χ0) is 14.5. The Morgan fingerprint density at radius 1 is 1.21 bits per heavy atom. The van der Waals surface area contributed by atoms with E-state index in [1.165, 1.54) is 45.2 Å². The normalized spacial score (nSPS) is 28.6. The molecule has 0 aromatic heterocycles. The van der Waals surface area contributed by atoms with E-state index in [0.29, 0.717) is 5.41 Å². The summed E-state index contributed by atoms with van der Waals surface area (Å²) in [7, 11) is 0. The second-order valence-electron chi connectivity index (χ2n) is 8.15. The number of rotatable bonds is 7. The van der Waals surface area contributed by atoms with Crippen molar-refractivity contribution in [2.45, 2.75) is 73.6 Å². The largest absolute Gasteiger partial charge is 0.316 e. The molecule has 114 valence electrons. The molecule has 1 aliphatic rings. The van der Waals surface area contributed by atoms with Gasteiger partial charge in [-0.25, -0.2) is 0 Å². The first-order valence-corrected chi connectivity index (χ1v) is 8.56. The lowest BCUT2D eigenvalue weighted by atomic mass is 9.63. The van der Waals surface area contributed by atoms with Crippen LogP contribution < -0.4 is 5.32 Å². The number of hydrogen-bond donors (Lipinski definition) is 1. The first-order valence-electron chi connectivity index (χ1n) is 8.56. The molecule has 19 heavy (non-hydrogen) atoms. The highest BCUT2D eigenvalue weighted by Crippen LogP contribution is 2.45. The Morgan fingerprint density at radius 2 is 1.89 bits per heavy atom. The molecule has 1 N–H and O–H groups in total. The Morgan fingerprint density at radius 3 is 2.47 bits per heavy atom. The van der Waals surface area contributed by atoms with E-state index in [1.54, 1.807) is 0 Å². The third-order valence-corrected chi connectivity index (χ3v) is 5.02. The third kappa shape index (κ3) is 5.85. The predicted molar refractivity (Wildman–Crippen MR) is 86.4 cm³/mol. The molecule has 0 saturated heterocycles. The SMILES string of the molecule is CCCC(C)C1CC(C)(C)CCC1CNCC(C)C. The van der Waals surface area contributed by atoms with Crippen LogP contribution >= 0.6 is 0 Å². The zero-order valence-corrected chi connectivity index (χ0v) is 14.3. The molecule has 0 aromatic rings. The maximum absolute atomic E-state index is 3.71. The molecule has 0 heterocycles. The number of hydrogen-bond acceptors (Lipinski definition) is 1. The third-order valence-electron chi connectivity index (χ3n) is 5.02. The highest BCUT2D eigenvalue weighted by molar-refractivity contribution is 4.88. The molecular formula is C18H37N. The van der Waals surface area contributed by atoms with Crippen molar-refractivity contribution in [3.8, 4) is 0 Å². The van der Waals surface area contributed by atoms with E-state index in [0.717, 1.165) is 23.7 Å². The van der Waals surface area contributed by atoms with E-state index in [4.69, 9.17) is 0 Å². The lowest BCUT2D eigenvalue weighted by molar-refractivity contribution is 0.0750. The average Bonchev–Trinajstić information content (AvgIpc) is 2.30. The number of nitrogens with one attached hydrogen (secondary N) is 1. The van der Waals surface area contributed by atoms with Gasteiger partial charge >= 0.3 is 0 Å². The van der Waals surface area contributed by atoms with E-state index in [2.05, 4.69) is 46.9 Å². The minimum Gasteiger partial charge on any atom is -0.316 e. The van der Waals surface area contributed by atoms with E-state index in [9.17, 15) is 0 Å². The summed E-state index contributed by atoms with van der Waals surface area (Å²) < 4.78 is 0. The predicted octanol–water partition coefficient (Wildman–Crippen LogP) is 5.11. The Kier molecular flexibility index (Phi) is 6.86. The van der Waals surface area contributed by atoms with Crippen molar-refractivity contribution in [2.24, 2.45) is 29.1 Å². The van der Waals surface area contributed by atoms with Crippen LogP contribution in [0.3, 0.4) is 0 Å². The zero-order valence-electron chi connectivity index (χ0n) is 14.3. The molecule has 0 bridgehead atoms. The molecule has 0 radical (unpaired) electrons. The van der Waals surface area contributed by atoms with Crippen molar-refractivity contribution < 1.29 is 0 Å². The maximum Gasteiger partial charge on any atom is -0.00176 e. The standard InChI is InChI=1S/C18H37N/c1-7-8-15(4)17-11-18(5,6)10-9-16(17)13-19-12-14(2)3/h14-17,19H,7-13H2,1-6H3. The molecule has 1 saturated carbocycles. The van der Waals surface area contributed by atoms with Crippen molar-refractivity contribution in [1.29, 1.82) is 0 Å². The van der Waals surface area contributed by atoms with Crippen LogP contribution in [-0.2, 0) is 0 Å². The summed E-state index contributed by atoms with van der Waals surface area (Å²) in [6, 6.07) is 0. The fourth-order valence-electron chi connectivity index (χ4n) is 3.84. The van der Waals surface area contributed by atoms with Gasteiger partial charge < -0.3 is 5.32 Å². The second kappa shape index (κ2) is 7.67. The van der Waals surface area contributed by atoms with E-state index < -0.39 is 0 Å². The first kappa shape index (κ1) is 17.0. The Hall–Kier alpha value is -0.0400. The van der Waals surface area contributed by atoms with Crippen molar-refractivity contribution in [3.63, 3.8) is 0 Å². The van der Waals surface area contributed by atoms with Gasteiger partial charge in [0.25, 0.3) is 0 Å². The summed E-state index contributed by atoms with van der Waals surface area (Å²) in [5.74, 6) is 3.51. The van der Waals surface area contributed by atoms with Crippen LogP contribution in [0.25, 0.3) is 0 Å². The Bertz CT molecular complexity index is 244. The highest BCUT2D eigenvalue weighted by Gasteiger charge is 2.36. The summed E-state index contributed by atoms with van der Waals surface area (Å²) >= 11 is 0. The molecule has 3 atom stereocenters. The van der Waals surface area contributed by atoms with Crippen molar-refractivity contribution >= 4 is 0 Å². The van der Waals surface area contributed by atoms with Crippen molar-refractivity contribution in [1.82, 2.24) is 5.32 Å². The summed E-state index contributed by atoms with van der Waals surface area (Å²) in [5.41, 5.74) is 0.571. The van der Waals surface area contributed by atoms with Crippen molar-refractivity contribution in [2.75, 3.05) is 13.1 Å². The summed E-state index contributed by atoms with van der Waals surface area (Å²) in [6.45, 7) is 16.8. The van der Waals surface area contributed by atoms with Gasteiger partial charge in [-0.2, -0.15) is 0 Å². The molecule has 1 nitrogen and oxygen atoms in total. The minimum atomic E-state index is 0.571. The van der Waals surface area contributed by atoms with Gasteiger partial charge in [0.05, 0.1) is 0 Å². The van der Waals surface area contributed by atoms with Crippen LogP contribution in [0.4, 0.5) is 0 Å². The van der Waals surface area contributed by atoms with E-state index >= 15 is 0 Å². The van der Waals surface area contributed by atoms with E-state index in [1.807, 2.05) is 0 Å². The molecule has 1 rings (SSSR count). The van der Waals surface area contributed by atoms with Gasteiger partial charge in [-0.3, -0.25) is 0 Å². The summed E-state index contributed by atoms with van der Waals surface area (Å²) in [6.07, 6.45) is 7.01. The van der Waals surface area contributed by atoms with Crippen LogP contribution in [0.2, 0.25) is 0 Å². The second-order valence-corrected chi connectivity index (χ2v) is 8.15. The van der Waals surface area contributed by atoms with Crippen molar-refractivity contribution in [3.05, 3.63) is 0 Å². The van der Waals surface area contributed by atoms with Gasteiger partial charge in [-0.05, 0) is 61.4 Å². The molecule has 1 heteroatoms. The fraction of sp³-hybridized carbons (Fsp3) is 1.00. The Balaban J connectivity index is 2.55. The van der Waals surface area contributed by atoms with Gasteiger partial charge in [-0.1, -0.05) is 54.4 Å².